The van der Waals surface area contributed by atoms with Crippen LogP contribution in [0.1, 0.15) is 22.3 Å². The van der Waals surface area contributed by atoms with Crippen LogP contribution in [0.4, 0.5) is 0 Å². The largest absolute Gasteiger partial charge is 0.255 e. The average Bonchev–Trinajstić information content (AvgIpc) is 3.70. The molecule has 0 saturated heterocycles. The molecule has 0 bridgehead atoms. The molecular formula is C62H39N5S. The molecule has 5 heterocycles. The number of fused-ring (bicyclic) bond motifs is 9. The van der Waals surface area contributed by atoms with Crippen molar-refractivity contribution in [3.63, 3.8) is 0 Å². The molecule has 6 heteroatoms. The van der Waals surface area contributed by atoms with Crippen LogP contribution >= 0.6 is 11.8 Å². The fraction of sp³-hybridized carbons (Fsp3) is 0.0161. The molecule has 68 heavy (non-hydrogen) atoms. The number of benzene rings is 7. The van der Waals surface area contributed by atoms with E-state index in [1.165, 1.54) is 43.2 Å². The lowest BCUT2D eigenvalue weighted by Gasteiger charge is -2.39. The minimum absolute atomic E-state index is 0.513. The SMILES string of the molecule is c1ccc(-c2cc(-c3ccc(-c4ccc5c(c4)-c4cc(-c6cc(-c7ccccn7)nc(-c7ccccn7)c6)ccc4C54c5ccccc5Sc5ccccc54)cc3)nc(-c3ccccc3)n2)cc1. The Kier molecular flexibility index (Phi) is 9.58. The lowest BCUT2D eigenvalue weighted by molar-refractivity contribution is 0.722. The summed E-state index contributed by atoms with van der Waals surface area (Å²) < 4.78 is 0. The molecule has 0 atom stereocenters. The van der Waals surface area contributed by atoms with Crippen molar-refractivity contribution < 1.29 is 0 Å². The smallest absolute Gasteiger partial charge is 0.160 e. The topological polar surface area (TPSA) is 64.5 Å². The summed E-state index contributed by atoms with van der Waals surface area (Å²) in [5.41, 5.74) is 19.6. The fourth-order valence-corrected chi connectivity index (χ4v) is 11.3. The van der Waals surface area contributed by atoms with Crippen LogP contribution in [-0.2, 0) is 5.41 Å². The maximum absolute atomic E-state index is 5.11. The first-order valence-corrected chi connectivity index (χ1v) is 23.6. The molecule has 7 aromatic carbocycles. The van der Waals surface area contributed by atoms with Crippen LogP contribution in [0, 0.1) is 0 Å². The van der Waals surface area contributed by atoms with Crippen molar-refractivity contribution in [1.29, 1.82) is 0 Å². The first kappa shape index (κ1) is 39.8. The molecule has 4 aromatic heterocycles. The molecule has 1 spiro atoms. The average molecular weight is 886 g/mol. The van der Waals surface area contributed by atoms with E-state index < -0.39 is 5.41 Å². The zero-order valence-corrected chi connectivity index (χ0v) is 37.5. The summed E-state index contributed by atoms with van der Waals surface area (Å²) in [6.07, 6.45) is 3.64. The number of aromatic nitrogens is 5. The highest BCUT2D eigenvalue weighted by Crippen LogP contribution is 2.62. The van der Waals surface area contributed by atoms with Crippen LogP contribution in [0.25, 0.3) is 90.1 Å². The van der Waals surface area contributed by atoms with E-state index >= 15 is 0 Å². The summed E-state index contributed by atoms with van der Waals surface area (Å²) in [4.78, 5) is 27.2. The highest BCUT2D eigenvalue weighted by Gasteiger charge is 2.50. The molecule has 318 valence electrons. The van der Waals surface area contributed by atoms with E-state index in [0.717, 1.165) is 73.1 Å². The Morgan fingerprint density at radius 1 is 0.279 bits per heavy atom. The Balaban J connectivity index is 0.975. The lowest BCUT2D eigenvalue weighted by Crippen LogP contribution is -2.31. The highest BCUT2D eigenvalue weighted by molar-refractivity contribution is 7.99. The van der Waals surface area contributed by atoms with Gasteiger partial charge in [-0.25, -0.2) is 15.0 Å². The van der Waals surface area contributed by atoms with Gasteiger partial charge in [0.25, 0.3) is 0 Å². The third kappa shape index (κ3) is 6.68. The lowest BCUT2D eigenvalue weighted by atomic mass is 9.67. The van der Waals surface area contributed by atoms with E-state index in [-0.39, 0.29) is 0 Å². The number of hydrogen-bond donors (Lipinski definition) is 0. The molecule has 0 radical (unpaired) electrons. The Labute approximate surface area is 399 Å². The van der Waals surface area contributed by atoms with Gasteiger partial charge in [0.1, 0.15) is 0 Å². The van der Waals surface area contributed by atoms with Gasteiger partial charge in [0.15, 0.2) is 5.82 Å². The van der Waals surface area contributed by atoms with E-state index in [1.807, 2.05) is 84.8 Å². The van der Waals surface area contributed by atoms with Crippen molar-refractivity contribution in [2.45, 2.75) is 15.2 Å². The fourth-order valence-electron chi connectivity index (χ4n) is 10.2. The number of nitrogens with zero attached hydrogens (tertiary/aromatic N) is 5. The molecule has 2 aliphatic rings. The molecule has 0 saturated carbocycles. The summed E-state index contributed by atoms with van der Waals surface area (Å²) in [5, 5.41) is 0. The second-order valence-corrected chi connectivity index (χ2v) is 18.3. The van der Waals surface area contributed by atoms with Gasteiger partial charge in [-0.05, 0) is 122 Å². The summed E-state index contributed by atoms with van der Waals surface area (Å²) in [7, 11) is 0. The van der Waals surface area contributed by atoms with Gasteiger partial charge in [0.05, 0.1) is 39.6 Å². The molecule has 5 nitrogen and oxygen atoms in total. The monoisotopic (exact) mass is 885 g/mol. The van der Waals surface area contributed by atoms with E-state index in [4.69, 9.17) is 24.9 Å². The van der Waals surface area contributed by atoms with Crippen LogP contribution < -0.4 is 0 Å². The number of pyridine rings is 3. The van der Waals surface area contributed by atoms with Gasteiger partial charge in [-0.1, -0.05) is 169 Å². The van der Waals surface area contributed by atoms with Crippen LogP contribution in [0.5, 0.6) is 0 Å². The first-order valence-electron chi connectivity index (χ1n) is 22.8. The molecule has 0 amide bonds. The molecular weight excluding hydrogens is 847 g/mol. The number of hydrogen-bond acceptors (Lipinski definition) is 6. The third-order valence-electron chi connectivity index (χ3n) is 13.3. The van der Waals surface area contributed by atoms with Gasteiger partial charge in [0.2, 0.25) is 0 Å². The summed E-state index contributed by atoms with van der Waals surface area (Å²) in [6.45, 7) is 0. The Bertz CT molecular complexity index is 3530. The second kappa shape index (κ2) is 16.4. The van der Waals surface area contributed by atoms with Crippen LogP contribution in [-0.4, -0.2) is 24.9 Å². The third-order valence-corrected chi connectivity index (χ3v) is 14.4. The van der Waals surface area contributed by atoms with Gasteiger partial charge in [-0.3, -0.25) is 9.97 Å². The normalized spacial score (nSPS) is 12.8. The van der Waals surface area contributed by atoms with Gasteiger partial charge in [0, 0.05) is 38.9 Å². The Morgan fingerprint density at radius 2 is 0.735 bits per heavy atom. The molecule has 11 aromatic rings. The maximum atomic E-state index is 5.11. The van der Waals surface area contributed by atoms with Gasteiger partial charge < -0.3 is 0 Å². The summed E-state index contributed by atoms with van der Waals surface area (Å²) in [6, 6.07) is 79.8. The zero-order chi connectivity index (χ0) is 45.0. The Hall–Kier alpha value is -8.58. The van der Waals surface area contributed by atoms with Crippen molar-refractivity contribution in [2.75, 3.05) is 0 Å². The summed E-state index contributed by atoms with van der Waals surface area (Å²) >= 11 is 1.86. The van der Waals surface area contributed by atoms with Crippen molar-refractivity contribution in [3.8, 4) is 90.1 Å². The van der Waals surface area contributed by atoms with Crippen molar-refractivity contribution in [3.05, 3.63) is 259 Å². The standard InChI is InChI=1S/C62H39N5S/c1-3-15-41(16-4-1)55-39-56(67-61(66-55)43-17-5-2-6-18-43)42-27-25-40(26-28-42)44-29-31-49-47(35-44)48-36-45(46-37-57(53-21-11-13-33-63-53)65-58(38-46)54-22-12-14-34-64-54)30-32-50(48)62(49)51-19-7-9-23-59(51)68-60-24-10-8-20-52(60)62/h1-39H. The maximum Gasteiger partial charge on any atom is 0.160 e. The zero-order valence-electron chi connectivity index (χ0n) is 36.7. The van der Waals surface area contributed by atoms with Crippen LogP contribution in [0.3, 0.4) is 0 Å². The van der Waals surface area contributed by atoms with Crippen LogP contribution in [0.15, 0.2) is 247 Å². The Morgan fingerprint density at radius 3 is 1.28 bits per heavy atom. The van der Waals surface area contributed by atoms with Crippen molar-refractivity contribution in [1.82, 2.24) is 24.9 Å². The quantitative estimate of drug-likeness (QED) is 0.159. The summed E-state index contributed by atoms with van der Waals surface area (Å²) in [5.74, 6) is 0.702. The van der Waals surface area contributed by atoms with E-state index in [1.54, 1.807) is 0 Å². The highest BCUT2D eigenvalue weighted by atomic mass is 32.2. The molecule has 1 aliphatic heterocycles. The molecule has 0 N–H and O–H groups in total. The minimum Gasteiger partial charge on any atom is -0.255 e. The molecule has 13 rings (SSSR count). The van der Waals surface area contributed by atoms with Gasteiger partial charge in [-0.2, -0.15) is 0 Å². The van der Waals surface area contributed by atoms with Crippen LogP contribution in [0.2, 0.25) is 0 Å². The van der Waals surface area contributed by atoms with E-state index in [2.05, 4.69) is 164 Å². The molecule has 0 fully saturated rings. The van der Waals surface area contributed by atoms with Gasteiger partial charge >= 0.3 is 0 Å². The van der Waals surface area contributed by atoms with E-state index in [9.17, 15) is 0 Å². The second-order valence-electron chi connectivity index (χ2n) is 17.2. The predicted octanol–water partition coefficient (Wildman–Crippen LogP) is 15.2. The van der Waals surface area contributed by atoms with Crippen molar-refractivity contribution >= 4 is 11.8 Å². The first-order chi connectivity index (χ1) is 33.7. The van der Waals surface area contributed by atoms with Crippen molar-refractivity contribution in [2.24, 2.45) is 0 Å². The number of rotatable bonds is 7. The molecule has 0 unspecified atom stereocenters. The molecule has 1 aliphatic carbocycles. The minimum atomic E-state index is -0.513. The van der Waals surface area contributed by atoms with Gasteiger partial charge in [-0.15, -0.1) is 0 Å². The van der Waals surface area contributed by atoms with E-state index in [0.29, 0.717) is 5.82 Å². The predicted molar refractivity (Wildman–Crippen MR) is 275 cm³/mol.